The lowest BCUT2D eigenvalue weighted by molar-refractivity contribution is 0.600. The van der Waals surface area contributed by atoms with Crippen molar-refractivity contribution in [3.05, 3.63) is 273 Å². The molecule has 2 heterocycles. The van der Waals surface area contributed by atoms with Gasteiger partial charge in [-0.2, -0.15) is 0 Å². The summed E-state index contributed by atoms with van der Waals surface area (Å²) in [5.74, 6) is 0.0449. The van der Waals surface area contributed by atoms with Gasteiger partial charge in [0.15, 0.2) is 0 Å². The number of benzene rings is 11. The molecule has 2 aromatic heterocycles. The van der Waals surface area contributed by atoms with E-state index < -0.39 is 0 Å². The summed E-state index contributed by atoms with van der Waals surface area (Å²) < 4.78 is 13.6. The van der Waals surface area contributed by atoms with Crippen LogP contribution in [0, 0.1) is 0 Å². The largest absolute Gasteiger partial charge is 0.456 e. The highest BCUT2D eigenvalue weighted by molar-refractivity contribution is 6.19. The number of para-hydroxylation sites is 2. The fourth-order valence-electron chi connectivity index (χ4n) is 17.2. The van der Waals surface area contributed by atoms with Crippen molar-refractivity contribution in [2.24, 2.45) is 0 Å². The summed E-state index contributed by atoms with van der Waals surface area (Å²) >= 11 is 0. The van der Waals surface area contributed by atoms with Gasteiger partial charge < -0.3 is 8.83 Å². The Hall–Kier alpha value is -8.98. The van der Waals surface area contributed by atoms with Gasteiger partial charge in [0.1, 0.15) is 22.3 Å². The van der Waals surface area contributed by atoms with Crippen molar-refractivity contribution in [1.82, 2.24) is 0 Å². The highest BCUT2D eigenvalue weighted by Crippen LogP contribution is 2.65. The molecule has 0 amide bonds. The highest BCUT2D eigenvalue weighted by atomic mass is 16.3. The van der Waals surface area contributed by atoms with Crippen molar-refractivity contribution in [2.75, 3.05) is 0 Å². The van der Waals surface area contributed by atoms with E-state index >= 15 is 0 Å². The van der Waals surface area contributed by atoms with Crippen LogP contribution in [0.1, 0.15) is 134 Å². The van der Waals surface area contributed by atoms with E-state index in [1.807, 2.05) is 0 Å². The topological polar surface area (TPSA) is 26.3 Å². The van der Waals surface area contributed by atoms with E-state index in [4.69, 9.17) is 8.83 Å². The third-order valence-corrected chi connectivity index (χ3v) is 21.3. The van der Waals surface area contributed by atoms with Crippen LogP contribution in [0.3, 0.4) is 0 Å². The number of fused-ring (bicyclic) bond motifs is 25. The van der Waals surface area contributed by atoms with Crippen LogP contribution >= 0.6 is 0 Å². The second kappa shape index (κ2) is 16.0. The molecule has 18 rings (SSSR count). The molecule has 0 saturated heterocycles. The molecule has 0 radical (unpaired) electrons. The molecule has 2 heteroatoms. The van der Waals surface area contributed by atoms with E-state index in [1.165, 1.54) is 139 Å². The number of hydrogen-bond acceptors (Lipinski definition) is 2. The number of hydrogen-bond donors (Lipinski definition) is 0. The second-order valence-electron chi connectivity index (χ2n) is 27.0. The summed E-state index contributed by atoms with van der Waals surface area (Å²) in [5, 5.41) is 4.69. The van der Waals surface area contributed by atoms with Gasteiger partial charge in [0, 0.05) is 54.7 Å². The van der Waals surface area contributed by atoms with Gasteiger partial charge >= 0.3 is 0 Å². The van der Waals surface area contributed by atoms with Gasteiger partial charge in [-0.25, -0.2) is 0 Å². The Kier molecular flexibility index (Phi) is 9.16. The van der Waals surface area contributed by atoms with Gasteiger partial charge in [-0.1, -0.05) is 219 Å². The van der Waals surface area contributed by atoms with Crippen LogP contribution in [-0.2, 0) is 34.5 Å². The molecular formula is C81H62O2. The summed E-state index contributed by atoms with van der Waals surface area (Å²) in [6.45, 7) is 19.6. The molecular weight excluding hydrogens is 1000 g/mol. The fraction of sp³-hybridized carbons (Fsp3) is 0.185. The van der Waals surface area contributed by atoms with Crippen LogP contribution < -0.4 is 0 Å². The Bertz CT molecular complexity index is 5100. The molecule has 5 aliphatic rings. The van der Waals surface area contributed by atoms with Crippen molar-refractivity contribution >= 4 is 43.9 Å². The van der Waals surface area contributed by atoms with Crippen LogP contribution in [0.2, 0.25) is 0 Å². The maximum atomic E-state index is 7.07. The quantitative estimate of drug-likeness (QED) is 0.172. The molecule has 0 aliphatic heterocycles. The van der Waals surface area contributed by atoms with Gasteiger partial charge in [-0.05, 0) is 183 Å². The normalized spacial score (nSPS) is 16.5. The molecule has 0 saturated carbocycles. The molecule has 83 heavy (non-hydrogen) atoms. The van der Waals surface area contributed by atoms with Gasteiger partial charge in [0.2, 0.25) is 0 Å². The molecule has 0 spiro atoms. The first-order valence-electron chi connectivity index (χ1n) is 30.0. The first kappa shape index (κ1) is 47.6. The zero-order chi connectivity index (χ0) is 55.8. The minimum Gasteiger partial charge on any atom is -0.456 e. The lowest BCUT2D eigenvalue weighted by Crippen LogP contribution is -2.24. The van der Waals surface area contributed by atoms with Crippen molar-refractivity contribution in [3.8, 4) is 66.8 Å². The summed E-state index contributed by atoms with van der Waals surface area (Å²) in [5.41, 5.74) is 37.4. The average molecular weight is 1070 g/mol. The number of rotatable bonds is 5. The van der Waals surface area contributed by atoms with Gasteiger partial charge in [0.05, 0.1) is 0 Å². The summed E-state index contributed by atoms with van der Waals surface area (Å²) in [4.78, 5) is 0. The predicted molar refractivity (Wildman–Crippen MR) is 343 cm³/mol. The third kappa shape index (κ3) is 6.09. The first-order valence-corrected chi connectivity index (χ1v) is 30.0. The van der Waals surface area contributed by atoms with Crippen LogP contribution in [0.25, 0.3) is 111 Å². The van der Waals surface area contributed by atoms with E-state index in [-0.39, 0.29) is 27.6 Å². The van der Waals surface area contributed by atoms with Crippen molar-refractivity contribution < 1.29 is 8.83 Å². The summed E-state index contributed by atoms with van der Waals surface area (Å²) in [6.07, 6.45) is 1.79. The van der Waals surface area contributed by atoms with E-state index in [0.717, 1.165) is 56.9 Å². The van der Waals surface area contributed by atoms with E-state index in [2.05, 4.69) is 256 Å². The second-order valence-corrected chi connectivity index (χ2v) is 27.0. The summed E-state index contributed by atoms with van der Waals surface area (Å²) in [7, 11) is 0. The maximum absolute atomic E-state index is 7.07. The molecule has 2 nitrogen and oxygen atoms in total. The van der Waals surface area contributed by atoms with Crippen LogP contribution in [0.15, 0.2) is 209 Å². The standard InChI is InChI=1S/C81H62O2/c1-78(2)61-25-15-11-21-50(61)51-34-30-48(42-64(51)78)58-43-66-72(74-56-24-14-18-28-68(56)83-77(58)74)55-35-31-47(41-65(55)79(66,3)4)57(46-32-36-69-59(39-46)52-22-13-17-27-67(52)82-69)37-44-29-33-54-63(38-44)81(7,8)75-71(54)60-40-45-19-9-10-20-49(45)70(60)73-53-23-12-16-26-62(53)80(5,6)76(73)75/h9-36,38-39,41-43,57H,37,40H2,1-8H3. The molecule has 0 bridgehead atoms. The summed E-state index contributed by atoms with van der Waals surface area (Å²) in [6, 6.07) is 76.2. The molecule has 11 aromatic carbocycles. The zero-order valence-corrected chi connectivity index (χ0v) is 48.4. The van der Waals surface area contributed by atoms with Crippen LogP contribution in [-0.4, -0.2) is 0 Å². The molecule has 1 unspecified atom stereocenters. The third-order valence-electron chi connectivity index (χ3n) is 21.3. The SMILES string of the molecule is CC1(C)c2ccccc2-c2ccc(-c3cc4c(c5c3oc3ccccc35)-c3ccc(C(Cc5ccc6c(c5)C(C)(C)c5c-6c6c(c7c5C(C)(C)c5ccccc5-7)-c5ccccc5C6)c5ccc6oc7ccccc7c6c5)cc3C4(C)C)cc21. The molecule has 1 atom stereocenters. The smallest absolute Gasteiger partial charge is 0.143 e. The fourth-order valence-corrected chi connectivity index (χ4v) is 17.2. The van der Waals surface area contributed by atoms with Gasteiger partial charge in [0.25, 0.3) is 0 Å². The molecule has 5 aliphatic carbocycles. The average Bonchev–Trinajstić information content (AvgIpc) is 1.64. The molecule has 0 fully saturated rings. The molecule has 398 valence electrons. The first-order chi connectivity index (χ1) is 40.2. The minimum atomic E-state index is -0.319. The highest BCUT2D eigenvalue weighted by Gasteiger charge is 2.50. The molecule has 0 N–H and O–H groups in total. The Balaban J connectivity index is 0.803. The van der Waals surface area contributed by atoms with E-state index in [1.54, 1.807) is 0 Å². The van der Waals surface area contributed by atoms with E-state index in [9.17, 15) is 0 Å². The monoisotopic (exact) mass is 1070 g/mol. The van der Waals surface area contributed by atoms with Gasteiger partial charge in [-0.3, -0.25) is 0 Å². The Morgan fingerprint density at radius 3 is 1.73 bits per heavy atom. The van der Waals surface area contributed by atoms with Crippen molar-refractivity contribution in [2.45, 2.75) is 95.8 Å². The van der Waals surface area contributed by atoms with Crippen molar-refractivity contribution in [3.63, 3.8) is 0 Å². The number of furan rings is 2. The van der Waals surface area contributed by atoms with Crippen LogP contribution in [0.5, 0.6) is 0 Å². The predicted octanol–water partition coefficient (Wildman–Crippen LogP) is 21.3. The minimum absolute atomic E-state index is 0.0449. The zero-order valence-electron chi connectivity index (χ0n) is 48.4. The van der Waals surface area contributed by atoms with E-state index in [0.29, 0.717) is 0 Å². The van der Waals surface area contributed by atoms with Gasteiger partial charge in [-0.15, -0.1) is 0 Å². The van der Waals surface area contributed by atoms with Crippen LogP contribution in [0.4, 0.5) is 0 Å². The molecule has 13 aromatic rings. The Morgan fingerprint density at radius 2 is 0.916 bits per heavy atom. The lowest BCUT2D eigenvalue weighted by atomic mass is 9.71. The maximum Gasteiger partial charge on any atom is 0.143 e. The Morgan fingerprint density at radius 1 is 0.361 bits per heavy atom. The van der Waals surface area contributed by atoms with Crippen molar-refractivity contribution in [1.29, 1.82) is 0 Å². The Labute approximate surface area is 485 Å². The lowest BCUT2D eigenvalue weighted by Gasteiger charge is -2.32.